The lowest BCUT2D eigenvalue weighted by Gasteiger charge is -1.91. The summed E-state index contributed by atoms with van der Waals surface area (Å²) in [6, 6.07) is 0. The van der Waals surface area contributed by atoms with Crippen molar-refractivity contribution in [2.75, 3.05) is 0 Å². The van der Waals surface area contributed by atoms with E-state index in [0.29, 0.717) is 5.84 Å². The first-order chi connectivity index (χ1) is 4.16. The second kappa shape index (κ2) is 3.65. The van der Waals surface area contributed by atoms with Crippen LogP contribution in [0.15, 0.2) is 17.8 Å². The van der Waals surface area contributed by atoms with Gasteiger partial charge in [0.25, 0.3) is 5.91 Å². The number of nitrogens with one attached hydrogen (secondary N) is 1. The molecule has 50 valence electrons. The van der Waals surface area contributed by atoms with Gasteiger partial charge in [-0.2, -0.15) is 5.10 Å². The highest BCUT2D eigenvalue weighted by atomic mass is 16.2. The second-order valence-corrected chi connectivity index (χ2v) is 1.43. The van der Waals surface area contributed by atoms with Crippen molar-refractivity contribution < 1.29 is 4.79 Å². The van der Waals surface area contributed by atoms with E-state index < -0.39 is 0 Å². The Morgan fingerprint density at radius 1 is 1.89 bits per heavy atom. The topological polar surface area (TPSA) is 67.5 Å². The van der Waals surface area contributed by atoms with E-state index in [1.807, 2.05) is 0 Å². The summed E-state index contributed by atoms with van der Waals surface area (Å²) >= 11 is 0. The van der Waals surface area contributed by atoms with Crippen molar-refractivity contribution in [1.29, 1.82) is 0 Å². The van der Waals surface area contributed by atoms with E-state index in [1.165, 1.54) is 0 Å². The maximum Gasteiger partial charge on any atom is 0.263 e. The molecule has 9 heavy (non-hydrogen) atoms. The maximum atomic E-state index is 10.3. The van der Waals surface area contributed by atoms with Gasteiger partial charge in [-0.15, -0.1) is 0 Å². The largest absolute Gasteiger partial charge is 0.386 e. The minimum absolute atomic E-state index is 0.310. The lowest BCUT2D eigenvalue weighted by Crippen LogP contribution is -2.19. The predicted octanol–water partition coefficient (Wildman–Crippen LogP) is -0.419. The van der Waals surface area contributed by atoms with Gasteiger partial charge in [0.15, 0.2) is 0 Å². The first-order valence-corrected chi connectivity index (χ1v) is 2.39. The van der Waals surface area contributed by atoms with Crippen LogP contribution in [0.3, 0.4) is 0 Å². The van der Waals surface area contributed by atoms with E-state index in [2.05, 4.69) is 17.1 Å². The third kappa shape index (κ3) is 4.53. The molecule has 0 heterocycles. The number of amidine groups is 1. The summed E-state index contributed by atoms with van der Waals surface area (Å²) in [5.41, 5.74) is 7.23. The van der Waals surface area contributed by atoms with Gasteiger partial charge in [0, 0.05) is 0 Å². The first-order valence-electron chi connectivity index (χ1n) is 2.39. The number of carbonyl (C=O) groups is 1. The fourth-order valence-corrected chi connectivity index (χ4v) is 0.189. The molecule has 0 aromatic carbocycles. The Hall–Kier alpha value is -1.32. The number of hydrogen-bond donors (Lipinski definition) is 2. The van der Waals surface area contributed by atoms with Crippen molar-refractivity contribution in [3.63, 3.8) is 0 Å². The van der Waals surface area contributed by atoms with Gasteiger partial charge >= 0.3 is 0 Å². The summed E-state index contributed by atoms with van der Waals surface area (Å²) in [6.45, 7) is 4.79. The molecule has 4 nitrogen and oxygen atoms in total. The number of hydrogen-bond acceptors (Lipinski definition) is 2. The Kier molecular flexibility index (Phi) is 3.12. The van der Waals surface area contributed by atoms with Crippen LogP contribution in [0.25, 0.3) is 0 Å². The molecular weight excluding hydrogens is 118 g/mol. The Balaban J connectivity index is 3.63. The van der Waals surface area contributed by atoms with Gasteiger partial charge in [0.05, 0.1) is 0 Å². The molecule has 0 atom stereocenters. The molecule has 4 heteroatoms. The molecule has 0 saturated heterocycles. The smallest absolute Gasteiger partial charge is 0.263 e. The molecule has 0 fully saturated rings. The summed E-state index contributed by atoms with van der Waals surface area (Å²) in [5, 5.41) is 3.42. The van der Waals surface area contributed by atoms with Crippen molar-refractivity contribution in [3.8, 4) is 0 Å². The molecule has 0 aliphatic carbocycles. The number of rotatable bonds is 2. The van der Waals surface area contributed by atoms with E-state index in [0.717, 1.165) is 6.08 Å². The molecule has 1 amide bonds. The van der Waals surface area contributed by atoms with Gasteiger partial charge in [0.1, 0.15) is 5.84 Å². The number of nitrogens with zero attached hydrogens (tertiary/aromatic N) is 1. The third-order valence-electron chi connectivity index (χ3n) is 0.528. The van der Waals surface area contributed by atoms with Crippen LogP contribution in [0.1, 0.15) is 6.92 Å². The van der Waals surface area contributed by atoms with Crippen molar-refractivity contribution in [2.24, 2.45) is 10.8 Å². The normalized spacial score (nSPS) is 10.6. The van der Waals surface area contributed by atoms with Gasteiger partial charge in [-0.1, -0.05) is 6.58 Å². The molecule has 0 aliphatic heterocycles. The molecule has 0 aromatic heterocycles. The quantitative estimate of drug-likeness (QED) is 0.229. The Morgan fingerprint density at radius 3 is 2.78 bits per heavy atom. The van der Waals surface area contributed by atoms with Crippen LogP contribution < -0.4 is 11.2 Å². The summed E-state index contributed by atoms with van der Waals surface area (Å²) < 4.78 is 0. The number of amides is 1. The highest BCUT2D eigenvalue weighted by Crippen LogP contribution is 1.66. The van der Waals surface area contributed by atoms with Gasteiger partial charge in [0.2, 0.25) is 0 Å². The Morgan fingerprint density at radius 2 is 2.44 bits per heavy atom. The summed E-state index contributed by atoms with van der Waals surface area (Å²) in [5.74, 6) is -0.0509. The fourth-order valence-electron chi connectivity index (χ4n) is 0.189. The van der Waals surface area contributed by atoms with E-state index >= 15 is 0 Å². The number of carbonyl (C=O) groups excluding carboxylic acids is 1. The standard InChI is InChI=1S/C5H9N3O/c1-3-5(9)8-7-4(2)6/h3H,1H2,2H3,(H2,6,7)(H,8,9). The van der Waals surface area contributed by atoms with Gasteiger partial charge in [-0.05, 0) is 13.0 Å². The van der Waals surface area contributed by atoms with Crippen LogP contribution in [-0.4, -0.2) is 11.7 Å². The molecule has 0 aliphatic rings. The Bertz CT molecular complexity index is 146. The monoisotopic (exact) mass is 127 g/mol. The van der Waals surface area contributed by atoms with Gasteiger partial charge in [-0.25, -0.2) is 5.43 Å². The lowest BCUT2D eigenvalue weighted by molar-refractivity contribution is -0.116. The molecule has 3 N–H and O–H groups in total. The summed E-state index contributed by atoms with van der Waals surface area (Å²) in [7, 11) is 0. The summed E-state index contributed by atoms with van der Waals surface area (Å²) in [4.78, 5) is 10.3. The van der Waals surface area contributed by atoms with Gasteiger partial charge < -0.3 is 5.73 Å². The molecular formula is C5H9N3O. The fraction of sp³-hybridized carbons (Fsp3) is 0.200. The zero-order chi connectivity index (χ0) is 7.28. The van der Waals surface area contributed by atoms with Crippen LogP contribution in [0.2, 0.25) is 0 Å². The number of hydrazone groups is 1. The minimum Gasteiger partial charge on any atom is -0.386 e. The number of nitrogens with two attached hydrogens (primary N) is 1. The van der Waals surface area contributed by atoms with Crippen LogP contribution in [0.4, 0.5) is 0 Å². The maximum absolute atomic E-state index is 10.3. The molecule has 0 aromatic rings. The van der Waals surface area contributed by atoms with Crippen molar-refractivity contribution >= 4 is 11.7 Å². The third-order valence-corrected chi connectivity index (χ3v) is 0.528. The van der Waals surface area contributed by atoms with E-state index in [4.69, 9.17) is 5.73 Å². The second-order valence-electron chi connectivity index (χ2n) is 1.43. The summed E-state index contributed by atoms with van der Waals surface area (Å²) in [6.07, 6.45) is 1.12. The SMILES string of the molecule is C=CC(=O)NN=C(C)N. The van der Waals surface area contributed by atoms with E-state index in [9.17, 15) is 4.79 Å². The zero-order valence-corrected chi connectivity index (χ0v) is 5.22. The van der Waals surface area contributed by atoms with Crippen molar-refractivity contribution in [1.82, 2.24) is 5.43 Å². The highest BCUT2D eigenvalue weighted by Gasteiger charge is 1.86. The molecule has 0 rings (SSSR count). The van der Waals surface area contributed by atoms with Gasteiger partial charge in [-0.3, -0.25) is 4.79 Å². The van der Waals surface area contributed by atoms with Crippen molar-refractivity contribution in [2.45, 2.75) is 6.92 Å². The van der Waals surface area contributed by atoms with Crippen LogP contribution in [0, 0.1) is 0 Å². The molecule has 0 unspecified atom stereocenters. The van der Waals surface area contributed by atoms with Crippen LogP contribution >= 0.6 is 0 Å². The molecule has 0 radical (unpaired) electrons. The molecule has 0 bridgehead atoms. The molecule has 0 saturated carbocycles. The molecule has 0 spiro atoms. The van der Waals surface area contributed by atoms with Crippen LogP contribution in [0.5, 0.6) is 0 Å². The average Bonchev–Trinajstić information content (AvgIpc) is 1.83. The van der Waals surface area contributed by atoms with E-state index in [-0.39, 0.29) is 5.91 Å². The minimum atomic E-state index is -0.361. The van der Waals surface area contributed by atoms with Crippen LogP contribution in [-0.2, 0) is 4.79 Å². The van der Waals surface area contributed by atoms with E-state index in [1.54, 1.807) is 6.92 Å². The average molecular weight is 127 g/mol. The zero-order valence-electron chi connectivity index (χ0n) is 5.22. The Labute approximate surface area is 53.4 Å². The predicted molar refractivity (Wildman–Crippen MR) is 35.6 cm³/mol. The lowest BCUT2D eigenvalue weighted by atomic mass is 10.6. The van der Waals surface area contributed by atoms with Crippen molar-refractivity contribution in [3.05, 3.63) is 12.7 Å². The first kappa shape index (κ1) is 7.68. The highest BCUT2D eigenvalue weighted by molar-refractivity contribution is 5.88.